The van der Waals surface area contributed by atoms with Gasteiger partial charge in [-0.3, -0.25) is 0 Å². The molecule has 0 saturated carbocycles. The van der Waals surface area contributed by atoms with Crippen molar-refractivity contribution in [3.05, 3.63) is 17.3 Å². The third-order valence-corrected chi connectivity index (χ3v) is 4.12. The number of anilines is 1. The van der Waals surface area contributed by atoms with E-state index in [1.165, 1.54) is 11.3 Å². The van der Waals surface area contributed by atoms with Crippen LogP contribution in [-0.2, 0) is 6.18 Å². The number of rotatable bonds is 1. The van der Waals surface area contributed by atoms with Crippen molar-refractivity contribution in [1.29, 1.82) is 0 Å². The summed E-state index contributed by atoms with van der Waals surface area (Å²) in [6.45, 7) is 0. The molecule has 0 aliphatic rings. The monoisotopic (exact) mass is 291 g/mol. The standard InChI is InChI=1S/C8H4F3N5S2/c9-8(10,11)6-13-14-7-16(6)15-5(18-7)4-3(12)1-2-17-4/h1-2H,12H2. The zero-order valence-corrected chi connectivity index (χ0v) is 10.1. The minimum absolute atomic E-state index is 0.0881. The van der Waals surface area contributed by atoms with E-state index in [0.29, 0.717) is 20.1 Å². The first-order chi connectivity index (χ1) is 8.47. The summed E-state index contributed by atoms with van der Waals surface area (Å²) in [5.74, 6) is -1.13. The molecular weight excluding hydrogens is 287 g/mol. The lowest BCUT2D eigenvalue weighted by atomic mass is 10.4. The third kappa shape index (κ3) is 1.64. The van der Waals surface area contributed by atoms with E-state index in [1.54, 1.807) is 11.4 Å². The molecule has 10 heteroatoms. The summed E-state index contributed by atoms with van der Waals surface area (Å²) in [5, 5.41) is 12.5. The predicted octanol–water partition coefficient (Wildman–Crippen LogP) is 2.52. The highest BCUT2D eigenvalue weighted by molar-refractivity contribution is 7.24. The molecule has 0 unspecified atom stereocenters. The van der Waals surface area contributed by atoms with Crippen LogP contribution in [-0.4, -0.2) is 19.8 Å². The Morgan fingerprint density at radius 2 is 2.06 bits per heavy atom. The zero-order chi connectivity index (χ0) is 12.9. The molecule has 0 bridgehead atoms. The van der Waals surface area contributed by atoms with Crippen molar-refractivity contribution in [2.45, 2.75) is 6.18 Å². The highest BCUT2D eigenvalue weighted by atomic mass is 32.1. The van der Waals surface area contributed by atoms with E-state index < -0.39 is 12.0 Å². The normalized spacial score (nSPS) is 12.4. The van der Waals surface area contributed by atoms with Crippen LogP contribution in [0.1, 0.15) is 5.82 Å². The van der Waals surface area contributed by atoms with E-state index in [1.807, 2.05) is 0 Å². The van der Waals surface area contributed by atoms with Crippen molar-refractivity contribution in [2.75, 3.05) is 5.73 Å². The van der Waals surface area contributed by atoms with Crippen LogP contribution in [0.25, 0.3) is 14.8 Å². The third-order valence-electron chi connectivity index (χ3n) is 2.13. The summed E-state index contributed by atoms with van der Waals surface area (Å²) >= 11 is 2.33. The van der Waals surface area contributed by atoms with Crippen molar-refractivity contribution in [3.63, 3.8) is 0 Å². The van der Waals surface area contributed by atoms with E-state index in [0.717, 1.165) is 11.3 Å². The smallest absolute Gasteiger partial charge is 0.397 e. The second-order valence-electron chi connectivity index (χ2n) is 3.33. The largest absolute Gasteiger partial charge is 0.453 e. The molecule has 0 spiro atoms. The van der Waals surface area contributed by atoms with Crippen LogP contribution in [0, 0.1) is 0 Å². The van der Waals surface area contributed by atoms with Gasteiger partial charge in [0.2, 0.25) is 4.96 Å². The van der Waals surface area contributed by atoms with Gasteiger partial charge in [-0.25, -0.2) is 0 Å². The number of aromatic nitrogens is 4. The van der Waals surface area contributed by atoms with Gasteiger partial charge in [0.1, 0.15) is 0 Å². The molecule has 0 saturated heterocycles. The van der Waals surface area contributed by atoms with Crippen molar-refractivity contribution < 1.29 is 13.2 Å². The fourth-order valence-corrected chi connectivity index (χ4v) is 3.15. The van der Waals surface area contributed by atoms with Gasteiger partial charge in [-0.05, 0) is 11.4 Å². The van der Waals surface area contributed by atoms with Crippen LogP contribution in [0.4, 0.5) is 18.9 Å². The van der Waals surface area contributed by atoms with E-state index in [2.05, 4.69) is 15.3 Å². The zero-order valence-electron chi connectivity index (χ0n) is 8.47. The molecular formula is C8H4F3N5S2. The van der Waals surface area contributed by atoms with Gasteiger partial charge >= 0.3 is 6.18 Å². The molecule has 5 nitrogen and oxygen atoms in total. The lowest BCUT2D eigenvalue weighted by molar-refractivity contribution is -0.146. The number of hydrogen-bond acceptors (Lipinski definition) is 6. The number of nitrogens with zero attached hydrogens (tertiary/aromatic N) is 4. The first-order valence-electron chi connectivity index (χ1n) is 4.59. The molecule has 18 heavy (non-hydrogen) atoms. The van der Waals surface area contributed by atoms with Gasteiger partial charge < -0.3 is 5.73 Å². The first-order valence-corrected chi connectivity index (χ1v) is 6.29. The Morgan fingerprint density at radius 1 is 1.28 bits per heavy atom. The maximum absolute atomic E-state index is 12.6. The molecule has 0 fully saturated rings. The molecule has 3 heterocycles. The number of nitrogens with two attached hydrogens (primary N) is 1. The Morgan fingerprint density at radius 3 is 2.67 bits per heavy atom. The summed E-state index contributed by atoms with van der Waals surface area (Å²) < 4.78 is 38.5. The molecule has 0 radical (unpaired) electrons. The second-order valence-corrected chi connectivity index (χ2v) is 5.20. The summed E-state index contributed by atoms with van der Waals surface area (Å²) in [5.41, 5.74) is 6.18. The average molecular weight is 291 g/mol. The number of fused-ring (bicyclic) bond motifs is 1. The number of hydrogen-bond donors (Lipinski definition) is 1. The van der Waals surface area contributed by atoms with Gasteiger partial charge in [0.15, 0.2) is 5.01 Å². The maximum atomic E-state index is 12.6. The lowest BCUT2D eigenvalue weighted by Crippen LogP contribution is -2.11. The lowest BCUT2D eigenvalue weighted by Gasteiger charge is -2.00. The van der Waals surface area contributed by atoms with E-state index >= 15 is 0 Å². The van der Waals surface area contributed by atoms with Gasteiger partial charge in [-0.1, -0.05) is 11.3 Å². The number of halogens is 3. The summed E-state index contributed by atoms with van der Waals surface area (Å²) in [6.07, 6.45) is -4.58. The van der Waals surface area contributed by atoms with Crippen molar-refractivity contribution in [1.82, 2.24) is 19.8 Å². The van der Waals surface area contributed by atoms with Crippen LogP contribution in [0.2, 0.25) is 0 Å². The van der Waals surface area contributed by atoms with Crippen LogP contribution >= 0.6 is 22.7 Å². The van der Waals surface area contributed by atoms with Gasteiger partial charge in [0.25, 0.3) is 5.82 Å². The Bertz CT molecular complexity index is 710. The number of thiophene rings is 1. The summed E-state index contributed by atoms with van der Waals surface area (Å²) in [6, 6.07) is 1.67. The Kier molecular flexibility index (Phi) is 2.32. The maximum Gasteiger partial charge on any atom is 0.453 e. The fourth-order valence-electron chi connectivity index (χ4n) is 1.38. The quantitative estimate of drug-likeness (QED) is 0.748. The fraction of sp³-hybridized carbons (Fsp3) is 0.125. The predicted molar refractivity (Wildman–Crippen MR) is 61.4 cm³/mol. The molecule has 0 aliphatic heterocycles. The average Bonchev–Trinajstić information content (AvgIpc) is 2.87. The minimum atomic E-state index is -4.58. The molecule has 0 amide bonds. The molecule has 0 atom stereocenters. The topological polar surface area (TPSA) is 69.1 Å². The first kappa shape index (κ1) is 11.4. The van der Waals surface area contributed by atoms with Crippen LogP contribution < -0.4 is 5.73 Å². The van der Waals surface area contributed by atoms with E-state index in [9.17, 15) is 13.2 Å². The molecule has 0 aromatic carbocycles. The Balaban J connectivity index is 2.19. The Hall–Kier alpha value is -1.68. The van der Waals surface area contributed by atoms with Crippen LogP contribution in [0.3, 0.4) is 0 Å². The minimum Gasteiger partial charge on any atom is -0.397 e. The van der Waals surface area contributed by atoms with Gasteiger partial charge in [0.05, 0.1) is 10.6 Å². The summed E-state index contributed by atoms with van der Waals surface area (Å²) in [7, 11) is 0. The van der Waals surface area contributed by atoms with E-state index in [4.69, 9.17) is 5.73 Å². The molecule has 3 rings (SSSR count). The van der Waals surface area contributed by atoms with Crippen LogP contribution in [0.15, 0.2) is 11.4 Å². The SMILES string of the molecule is Nc1ccsc1-c1nn2c(C(F)(F)F)nnc2s1. The van der Waals surface area contributed by atoms with Crippen molar-refractivity contribution in [2.24, 2.45) is 0 Å². The van der Waals surface area contributed by atoms with E-state index in [-0.39, 0.29) is 4.96 Å². The highest BCUT2D eigenvalue weighted by Gasteiger charge is 2.38. The van der Waals surface area contributed by atoms with Crippen molar-refractivity contribution in [3.8, 4) is 9.88 Å². The molecule has 94 valence electrons. The molecule has 2 N–H and O–H groups in total. The number of nitrogen functional groups attached to an aromatic ring is 1. The molecule has 3 aromatic rings. The molecule has 3 aromatic heterocycles. The number of alkyl halides is 3. The second kappa shape index (κ2) is 3.65. The summed E-state index contributed by atoms with van der Waals surface area (Å²) in [4.78, 5) is 0.726. The van der Waals surface area contributed by atoms with Gasteiger partial charge in [0, 0.05) is 0 Å². The van der Waals surface area contributed by atoms with Crippen molar-refractivity contribution >= 4 is 33.3 Å². The van der Waals surface area contributed by atoms with Gasteiger partial charge in [-0.2, -0.15) is 22.8 Å². The van der Waals surface area contributed by atoms with Crippen LogP contribution in [0.5, 0.6) is 0 Å². The van der Waals surface area contributed by atoms with Gasteiger partial charge in [-0.15, -0.1) is 21.5 Å². The molecule has 0 aliphatic carbocycles. The highest BCUT2D eigenvalue weighted by Crippen LogP contribution is 2.36. The Labute approximate surface area is 106 Å².